The van der Waals surface area contributed by atoms with Crippen LogP contribution in [-0.4, -0.2) is 29.1 Å². The van der Waals surface area contributed by atoms with Gasteiger partial charge in [-0.15, -0.1) is 11.3 Å². The Morgan fingerprint density at radius 1 is 1.22 bits per heavy atom. The maximum Gasteiger partial charge on any atom is 0.458 e. The summed E-state index contributed by atoms with van der Waals surface area (Å²) in [4.78, 5) is 15.7. The number of hydrogen-bond acceptors (Lipinski definition) is 5. The number of benzene rings is 1. The average Bonchev–Trinajstić information content (AvgIpc) is 3.14. The van der Waals surface area contributed by atoms with Gasteiger partial charge in [-0.2, -0.15) is 13.2 Å². The summed E-state index contributed by atoms with van der Waals surface area (Å²) < 4.78 is 38.1. The van der Waals surface area contributed by atoms with Crippen molar-refractivity contribution in [2.75, 3.05) is 0 Å². The van der Waals surface area contributed by atoms with Crippen molar-refractivity contribution in [3.8, 4) is 11.1 Å². The van der Waals surface area contributed by atoms with Crippen LogP contribution in [0.15, 0.2) is 40.9 Å². The van der Waals surface area contributed by atoms with E-state index in [9.17, 15) is 23.1 Å². The lowest BCUT2D eigenvalue weighted by molar-refractivity contribution is -0.355. The highest BCUT2D eigenvalue weighted by Gasteiger charge is 2.60. The molecule has 0 bridgehead atoms. The maximum absolute atomic E-state index is 12.7. The van der Waals surface area contributed by atoms with Gasteiger partial charge in [0.1, 0.15) is 0 Å². The minimum atomic E-state index is -4.92. The minimum Gasteiger partial charge on any atom is -0.350 e. The molecule has 1 aliphatic rings. The molecule has 0 aliphatic carbocycles. The smallest absolute Gasteiger partial charge is 0.350 e. The van der Waals surface area contributed by atoms with Crippen molar-refractivity contribution in [2.45, 2.75) is 18.4 Å². The van der Waals surface area contributed by atoms with Crippen LogP contribution in [0.2, 0.25) is 0 Å². The molecular weight excluding hydrogens is 331 g/mol. The van der Waals surface area contributed by atoms with Crippen LogP contribution in [0.4, 0.5) is 13.2 Å². The number of hydrogen-bond donors (Lipinski definition) is 1. The lowest BCUT2D eigenvalue weighted by atomic mass is 9.99. The first-order valence-corrected chi connectivity index (χ1v) is 7.40. The van der Waals surface area contributed by atoms with Crippen molar-refractivity contribution in [1.82, 2.24) is 0 Å². The number of aliphatic hydroxyl groups is 1. The molecule has 2 aromatic rings. The Morgan fingerprint density at radius 3 is 2.43 bits per heavy atom. The van der Waals surface area contributed by atoms with Gasteiger partial charge in [0, 0.05) is 5.56 Å². The fourth-order valence-electron chi connectivity index (χ4n) is 2.22. The van der Waals surface area contributed by atoms with Crippen LogP contribution in [0, 0.1) is 0 Å². The second-order valence-electron chi connectivity index (χ2n) is 4.98. The molecule has 1 aromatic carbocycles. The number of aldehydes is 1. The Kier molecular flexibility index (Phi) is 3.73. The van der Waals surface area contributed by atoms with E-state index in [1.54, 1.807) is 35.7 Å². The number of thiophene rings is 1. The topological polar surface area (TPSA) is 58.9 Å². The molecule has 1 N–H and O–H groups in total. The average molecular weight is 341 g/mol. The summed E-state index contributed by atoms with van der Waals surface area (Å²) in [6.45, 7) is 0. The minimum absolute atomic E-state index is 0.0114. The molecule has 0 fully saturated rings. The van der Waals surface area contributed by atoms with Crippen molar-refractivity contribution in [1.29, 1.82) is 0 Å². The molecule has 1 atom stereocenters. The van der Waals surface area contributed by atoms with Crippen LogP contribution in [0.1, 0.15) is 21.7 Å². The first kappa shape index (κ1) is 15.7. The predicted molar refractivity (Wildman–Crippen MR) is 78.4 cm³/mol. The van der Waals surface area contributed by atoms with Crippen molar-refractivity contribution in [3.05, 3.63) is 46.2 Å². The van der Waals surface area contributed by atoms with Gasteiger partial charge >= 0.3 is 12.0 Å². The quantitative estimate of drug-likeness (QED) is 0.868. The van der Waals surface area contributed by atoms with Crippen molar-refractivity contribution in [2.24, 2.45) is 5.16 Å². The molecule has 8 heteroatoms. The van der Waals surface area contributed by atoms with Gasteiger partial charge in [-0.25, -0.2) is 0 Å². The van der Waals surface area contributed by atoms with E-state index in [4.69, 9.17) is 0 Å². The van der Waals surface area contributed by atoms with E-state index < -0.39 is 18.4 Å². The summed E-state index contributed by atoms with van der Waals surface area (Å²) in [7, 11) is 0. The SMILES string of the molecule is O=Cc1sccc1-c1ccc(C2=NOC(O)(C(F)(F)F)C2)cc1. The highest BCUT2D eigenvalue weighted by molar-refractivity contribution is 7.12. The zero-order valence-electron chi connectivity index (χ0n) is 11.5. The summed E-state index contributed by atoms with van der Waals surface area (Å²) in [5.41, 5.74) is 1.95. The molecular formula is C15H10F3NO3S. The van der Waals surface area contributed by atoms with E-state index in [2.05, 4.69) is 9.99 Å². The van der Waals surface area contributed by atoms with Crippen LogP contribution in [-0.2, 0) is 4.84 Å². The van der Waals surface area contributed by atoms with Crippen LogP contribution in [0.3, 0.4) is 0 Å². The van der Waals surface area contributed by atoms with Crippen LogP contribution in [0.5, 0.6) is 0 Å². The van der Waals surface area contributed by atoms with Gasteiger partial charge in [0.25, 0.3) is 0 Å². The van der Waals surface area contributed by atoms with E-state index in [0.29, 0.717) is 10.4 Å². The van der Waals surface area contributed by atoms with Gasteiger partial charge in [0.05, 0.1) is 17.0 Å². The van der Waals surface area contributed by atoms with Gasteiger partial charge in [-0.1, -0.05) is 29.4 Å². The summed E-state index contributed by atoms with van der Waals surface area (Å²) in [5.74, 6) is -3.28. The highest BCUT2D eigenvalue weighted by atomic mass is 32.1. The number of carbonyl (C=O) groups is 1. The summed E-state index contributed by atoms with van der Waals surface area (Å²) in [5, 5.41) is 14.6. The normalized spacial score (nSPS) is 21.0. The molecule has 1 aliphatic heterocycles. The molecule has 1 aromatic heterocycles. The first-order valence-electron chi connectivity index (χ1n) is 6.52. The van der Waals surface area contributed by atoms with E-state index in [1.165, 1.54) is 11.3 Å². The van der Waals surface area contributed by atoms with Crippen LogP contribution in [0.25, 0.3) is 11.1 Å². The van der Waals surface area contributed by atoms with E-state index in [-0.39, 0.29) is 5.71 Å². The monoisotopic (exact) mass is 341 g/mol. The van der Waals surface area contributed by atoms with E-state index in [0.717, 1.165) is 17.4 Å². The third-order valence-electron chi connectivity index (χ3n) is 3.49. The largest absolute Gasteiger partial charge is 0.458 e. The molecule has 23 heavy (non-hydrogen) atoms. The molecule has 0 saturated heterocycles. The lowest BCUT2D eigenvalue weighted by Crippen LogP contribution is -2.45. The Balaban J connectivity index is 1.83. The molecule has 3 rings (SSSR count). The summed E-state index contributed by atoms with van der Waals surface area (Å²) in [6, 6.07) is 8.30. The van der Waals surface area contributed by atoms with Gasteiger partial charge in [-0.3, -0.25) is 4.79 Å². The fourth-order valence-corrected chi connectivity index (χ4v) is 2.94. The fraction of sp³-hybridized carbons (Fsp3) is 0.200. The number of nitrogens with zero attached hydrogens (tertiary/aromatic N) is 1. The molecule has 0 amide bonds. The molecule has 0 radical (unpaired) electrons. The highest BCUT2D eigenvalue weighted by Crippen LogP contribution is 2.39. The van der Waals surface area contributed by atoms with Crippen molar-refractivity contribution < 1.29 is 27.9 Å². The maximum atomic E-state index is 12.7. The lowest BCUT2D eigenvalue weighted by Gasteiger charge is -2.22. The zero-order valence-corrected chi connectivity index (χ0v) is 12.3. The van der Waals surface area contributed by atoms with Gasteiger partial charge in [0.2, 0.25) is 0 Å². The Labute approximate surface area is 132 Å². The molecule has 1 unspecified atom stereocenters. The van der Waals surface area contributed by atoms with Crippen molar-refractivity contribution in [3.63, 3.8) is 0 Å². The standard InChI is InChI=1S/C15H10F3NO3S/c16-15(17,18)14(21)7-12(19-22-14)10-3-1-9(2-4-10)11-5-6-23-13(11)8-20/h1-6,8,21H,7H2. The molecule has 0 spiro atoms. The molecule has 0 saturated carbocycles. The molecule has 120 valence electrons. The van der Waals surface area contributed by atoms with E-state index >= 15 is 0 Å². The Bertz CT molecular complexity index is 767. The van der Waals surface area contributed by atoms with Gasteiger partial charge in [0.15, 0.2) is 6.29 Å². The second kappa shape index (κ2) is 5.47. The third-order valence-corrected chi connectivity index (χ3v) is 4.33. The molecule has 2 heterocycles. The number of carbonyl (C=O) groups excluding carboxylic acids is 1. The van der Waals surface area contributed by atoms with E-state index in [1.807, 2.05) is 0 Å². The van der Waals surface area contributed by atoms with Crippen LogP contribution < -0.4 is 0 Å². The summed E-state index contributed by atoms with van der Waals surface area (Å²) in [6.07, 6.45) is -4.94. The second-order valence-corrected chi connectivity index (χ2v) is 5.93. The first-order chi connectivity index (χ1) is 10.8. The number of rotatable bonds is 3. The predicted octanol–water partition coefficient (Wildman–Crippen LogP) is 3.60. The van der Waals surface area contributed by atoms with Crippen molar-refractivity contribution >= 4 is 23.3 Å². The summed E-state index contributed by atoms with van der Waals surface area (Å²) >= 11 is 1.31. The number of oxime groups is 1. The molecule has 4 nitrogen and oxygen atoms in total. The van der Waals surface area contributed by atoms with Gasteiger partial charge in [-0.05, 0) is 22.6 Å². The van der Waals surface area contributed by atoms with Crippen LogP contribution >= 0.6 is 11.3 Å². The van der Waals surface area contributed by atoms with Gasteiger partial charge < -0.3 is 9.94 Å². The Morgan fingerprint density at radius 2 is 1.87 bits per heavy atom. The zero-order chi connectivity index (χ0) is 16.7. The number of halogens is 3. The Hall–Kier alpha value is -2.19. The third kappa shape index (κ3) is 2.75. The number of alkyl halides is 3.